The van der Waals surface area contributed by atoms with Crippen LogP contribution in [-0.4, -0.2) is 51.8 Å². The fourth-order valence-corrected chi connectivity index (χ4v) is 4.68. The Morgan fingerprint density at radius 1 is 1.09 bits per heavy atom. The second-order valence-corrected chi connectivity index (χ2v) is 9.09. The van der Waals surface area contributed by atoms with Crippen molar-refractivity contribution < 1.29 is 14.3 Å². The number of carbonyl (C=O) groups excluding carboxylic acids is 1. The number of hydrogen-bond donors (Lipinski definition) is 0. The maximum atomic E-state index is 12.9. The molecule has 2 heterocycles. The van der Waals surface area contributed by atoms with Crippen LogP contribution in [0.5, 0.6) is 5.75 Å². The van der Waals surface area contributed by atoms with Gasteiger partial charge in [0.2, 0.25) is 0 Å². The molecule has 33 heavy (non-hydrogen) atoms. The first-order chi connectivity index (χ1) is 16.1. The number of hydrogen-bond acceptors (Lipinski definition) is 6. The second kappa shape index (κ2) is 10.8. The minimum absolute atomic E-state index is 0.108. The fraction of sp³-hybridized carbons (Fsp3) is 0.240. The van der Waals surface area contributed by atoms with E-state index in [1.807, 2.05) is 71.6 Å². The van der Waals surface area contributed by atoms with Crippen LogP contribution in [0.25, 0.3) is 23.0 Å². The Balaban J connectivity index is 1.71. The van der Waals surface area contributed by atoms with Gasteiger partial charge in [0.05, 0.1) is 36.0 Å². The van der Waals surface area contributed by atoms with Crippen molar-refractivity contribution in [3.8, 4) is 22.7 Å². The molecule has 4 rings (SSSR count). The van der Waals surface area contributed by atoms with Gasteiger partial charge in [-0.2, -0.15) is 5.10 Å². The maximum absolute atomic E-state index is 12.9. The molecule has 8 heteroatoms. The van der Waals surface area contributed by atoms with Crippen LogP contribution in [0.15, 0.2) is 65.7 Å². The van der Waals surface area contributed by atoms with Crippen molar-refractivity contribution in [2.45, 2.75) is 13.3 Å². The molecule has 0 atom stereocenters. The molecule has 1 saturated heterocycles. The minimum Gasteiger partial charge on any atom is -0.494 e. The van der Waals surface area contributed by atoms with Crippen LogP contribution in [0.4, 0.5) is 0 Å². The van der Waals surface area contributed by atoms with E-state index >= 15 is 0 Å². The van der Waals surface area contributed by atoms with Crippen molar-refractivity contribution in [3.05, 3.63) is 71.3 Å². The highest BCUT2D eigenvalue weighted by atomic mass is 32.2. The van der Waals surface area contributed by atoms with Gasteiger partial charge in [0.1, 0.15) is 10.1 Å². The quantitative estimate of drug-likeness (QED) is 0.312. The molecule has 6 nitrogen and oxygen atoms in total. The first-order valence-electron chi connectivity index (χ1n) is 10.7. The van der Waals surface area contributed by atoms with E-state index in [1.165, 1.54) is 11.8 Å². The van der Waals surface area contributed by atoms with Crippen LogP contribution >= 0.6 is 24.0 Å². The Morgan fingerprint density at radius 3 is 2.55 bits per heavy atom. The van der Waals surface area contributed by atoms with Crippen molar-refractivity contribution in [1.82, 2.24) is 14.7 Å². The van der Waals surface area contributed by atoms with Gasteiger partial charge in [0, 0.05) is 24.4 Å². The number of rotatable bonds is 9. The lowest BCUT2D eigenvalue weighted by atomic mass is 10.1. The van der Waals surface area contributed by atoms with Gasteiger partial charge in [-0.25, -0.2) is 4.68 Å². The average molecular weight is 480 g/mol. The summed E-state index contributed by atoms with van der Waals surface area (Å²) in [4.78, 5) is 15.1. The SMILES string of the molecule is CCCOc1ccc(-c2nn(-c3ccccc3)cc2/C=C2/SC(=S)N(CCOC)C2=O)cc1. The number of benzene rings is 2. The monoisotopic (exact) mass is 479 g/mol. The molecule has 3 aromatic rings. The summed E-state index contributed by atoms with van der Waals surface area (Å²) < 4.78 is 13.2. The van der Waals surface area contributed by atoms with Crippen LogP contribution in [-0.2, 0) is 9.53 Å². The van der Waals surface area contributed by atoms with Crippen LogP contribution in [0.1, 0.15) is 18.9 Å². The fourth-order valence-electron chi connectivity index (χ4n) is 3.38. The maximum Gasteiger partial charge on any atom is 0.266 e. The molecule has 1 aliphatic rings. The van der Waals surface area contributed by atoms with E-state index in [4.69, 9.17) is 26.8 Å². The lowest BCUT2D eigenvalue weighted by Gasteiger charge is -2.12. The Hall–Kier alpha value is -2.94. The van der Waals surface area contributed by atoms with Crippen molar-refractivity contribution in [3.63, 3.8) is 0 Å². The van der Waals surface area contributed by atoms with Gasteiger partial charge < -0.3 is 9.47 Å². The average Bonchev–Trinajstić information content (AvgIpc) is 3.38. The molecular formula is C25H25N3O3S2. The highest BCUT2D eigenvalue weighted by Crippen LogP contribution is 2.35. The largest absolute Gasteiger partial charge is 0.494 e. The molecule has 0 radical (unpaired) electrons. The van der Waals surface area contributed by atoms with Gasteiger partial charge in [-0.1, -0.05) is 49.1 Å². The molecule has 1 aliphatic heterocycles. The molecule has 0 spiro atoms. The summed E-state index contributed by atoms with van der Waals surface area (Å²) in [6, 6.07) is 17.8. The number of aromatic nitrogens is 2. The molecule has 170 valence electrons. The number of amides is 1. The zero-order valence-corrected chi connectivity index (χ0v) is 20.2. The van der Waals surface area contributed by atoms with Crippen molar-refractivity contribution in [1.29, 1.82) is 0 Å². The van der Waals surface area contributed by atoms with Gasteiger partial charge in [-0.15, -0.1) is 0 Å². The van der Waals surface area contributed by atoms with Gasteiger partial charge >= 0.3 is 0 Å². The molecule has 0 aliphatic carbocycles. The van der Waals surface area contributed by atoms with Crippen molar-refractivity contribution in [2.24, 2.45) is 0 Å². The Bertz CT molecular complexity index is 1160. The van der Waals surface area contributed by atoms with E-state index in [1.54, 1.807) is 12.0 Å². The molecule has 1 amide bonds. The molecule has 1 fully saturated rings. The normalized spacial score (nSPS) is 15.0. The van der Waals surface area contributed by atoms with Crippen LogP contribution in [0, 0.1) is 0 Å². The summed E-state index contributed by atoms with van der Waals surface area (Å²) in [7, 11) is 1.61. The zero-order valence-electron chi connectivity index (χ0n) is 18.6. The third-order valence-electron chi connectivity index (χ3n) is 5.04. The predicted octanol–water partition coefficient (Wildman–Crippen LogP) is 5.18. The Morgan fingerprint density at radius 2 is 1.85 bits per heavy atom. The molecule has 0 unspecified atom stereocenters. The van der Waals surface area contributed by atoms with Crippen molar-refractivity contribution >= 4 is 40.3 Å². The highest BCUT2D eigenvalue weighted by Gasteiger charge is 2.32. The van der Waals surface area contributed by atoms with Crippen LogP contribution in [0.3, 0.4) is 0 Å². The molecule has 0 saturated carbocycles. The first-order valence-corrected chi connectivity index (χ1v) is 12.0. The number of ether oxygens (including phenoxy) is 2. The van der Waals surface area contributed by atoms with Crippen molar-refractivity contribution in [2.75, 3.05) is 26.9 Å². The number of methoxy groups -OCH3 is 1. The lowest BCUT2D eigenvalue weighted by Crippen LogP contribution is -2.31. The van der Waals surface area contributed by atoms with E-state index in [9.17, 15) is 4.79 Å². The van der Waals surface area contributed by atoms with Crippen LogP contribution < -0.4 is 4.74 Å². The van der Waals surface area contributed by atoms with Gasteiger partial charge in [-0.05, 0) is 48.9 Å². The number of para-hydroxylation sites is 1. The molecule has 2 aromatic carbocycles. The summed E-state index contributed by atoms with van der Waals surface area (Å²) in [6.45, 7) is 3.63. The summed E-state index contributed by atoms with van der Waals surface area (Å²) >= 11 is 6.72. The lowest BCUT2D eigenvalue weighted by molar-refractivity contribution is -0.122. The smallest absolute Gasteiger partial charge is 0.266 e. The second-order valence-electron chi connectivity index (χ2n) is 7.41. The molecule has 0 bridgehead atoms. The van der Waals surface area contributed by atoms with Crippen LogP contribution in [0.2, 0.25) is 0 Å². The van der Waals surface area contributed by atoms with E-state index < -0.39 is 0 Å². The standard InChI is InChI=1S/C25H25N3O3S2/c1-3-14-31-21-11-9-18(10-12-21)23-19(17-28(26-23)20-7-5-4-6-8-20)16-22-24(29)27(13-15-30-2)25(32)33-22/h4-12,16-17H,3,13-15H2,1-2H3/b22-16+. The predicted molar refractivity (Wildman–Crippen MR) is 137 cm³/mol. The number of carbonyl (C=O) groups is 1. The third kappa shape index (κ3) is 5.35. The van der Waals surface area contributed by atoms with Gasteiger partial charge in [0.25, 0.3) is 5.91 Å². The van der Waals surface area contributed by atoms with E-state index in [0.717, 1.165) is 34.7 Å². The summed E-state index contributed by atoms with van der Waals surface area (Å²) in [5.41, 5.74) is 3.50. The third-order valence-corrected chi connectivity index (χ3v) is 6.42. The molecule has 1 aromatic heterocycles. The Kier molecular flexibility index (Phi) is 7.59. The zero-order chi connectivity index (χ0) is 23.2. The van der Waals surface area contributed by atoms with Gasteiger partial charge in [-0.3, -0.25) is 9.69 Å². The first kappa shape index (κ1) is 23.2. The number of thioether (sulfide) groups is 1. The number of thiocarbonyl (C=S) groups is 1. The van der Waals surface area contributed by atoms with E-state index in [0.29, 0.717) is 29.0 Å². The summed E-state index contributed by atoms with van der Waals surface area (Å²) in [6.07, 6.45) is 4.76. The summed E-state index contributed by atoms with van der Waals surface area (Å²) in [5, 5.41) is 4.84. The molecular weight excluding hydrogens is 454 g/mol. The van der Waals surface area contributed by atoms with E-state index in [-0.39, 0.29) is 5.91 Å². The summed E-state index contributed by atoms with van der Waals surface area (Å²) in [5.74, 6) is 0.715. The topological polar surface area (TPSA) is 56.6 Å². The van der Waals surface area contributed by atoms with E-state index in [2.05, 4.69) is 6.92 Å². The van der Waals surface area contributed by atoms with Gasteiger partial charge in [0.15, 0.2) is 0 Å². The highest BCUT2D eigenvalue weighted by molar-refractivity contribution is 8.26. The number of nitrogens with zero attached hydrogens (tertiary/aromatic N) is 3. The minimum atomic E-state index is -0.108. The Labute approximate surface area is 203 Å². The molecule has 0 N–H and O–H groups in total.